The molecule has 1 saturated carbocycles. The molecular formula is C17H24ClN3O2. The molecule has 0 bridgehead atoms. The van der Waals surface area contributed by atoms with Crippen LogP contribution in [0.2, 0.25) is 0 Å². The first kappa shape index (κ1) is 16.6. The van der Waals surface area contributed by atoms with Crippen molar-refractivity contribution >= 4 is 12.4 Å². The third-order valence-corrected chi connectivity index (χ3v) is 4.69. The van der Waals surface area contributed by atoms with Crippen molar-refractivity contribution in [2.75, 3.05) is 19.6 Å². The number of nitrogens with zero attached hydrogens (tertiary/aromatic N) is 2. The van der Waals surface area contributed by atoms with E-state index in [-0.39, 0.29) is 12.4 Å². The van der Waals surface area contributed by atoms with Crippen molar-refractivity contribution in [3.8, 4) is 11.5 Å². The highest BCUT2D eigenvalue weighted by atomic mass is 35.5. The van der Waals surface area contributed by atoms with E-state index < -0.39 is 0 Å². The van der Waals surface area contributed by atoms with E-state index in [4.69, 9.17) is 8.94 Å². The average molecular weight is 338 g/mol. The van der Waals surface area contributed by atoms with E-state index in [2.05, 4.69) is 15.4 Å². The zero-order valence-electron chi connectivity index (χ0n) is 13.2. The molecule has 2 aromatic rings. The lowest BCUT2D eigenvalue weighted by atomic mass is 10.0. The fourth-order valence-electron chi connectivity index (χ4n) is 3.10. The highest BCUT2D eigenvalue weighted by Gasteiger charge is 2.24. The Hall–Kier alpha value is -1.30. The number of hydrogen-bond donors (Lipinski definition) is 1. The smallest absolute Gasteiger partial charge is 0.202 e. The summed E-state index contributed by atoms with van der Waals surface area (Å²) in [7, 11) is 0. The molecule has 126 valence electrons. The second-order valence-electron chi connectivity index (χ2n) is 6.56. The highest BCUT2D eigenvalue weighted by Crippen LogP contribution is 2.28. The van der Waals surface area contributed by atoms with Gasteiger partial charge in [0.1, 0.15) is 0 Å². The van der Waals surface area contributed by atoms with E-state index in [0.29, 0.717) is 11.8 Å². The van der Waals surface area contributed by atoms with E-state index in [1.165, 1.54) is 32.2 Å². The van der Waals surface area contributed by atoms with Gasteiger partial charge in [0, 0.05) is 31.7 Å². The molecule has 2 aromatic heterocycles. The van der Waals surface area contributed by atoms with Crippen LogP contribution in [0.5, 0.6) is 0 Å². The third-order valence-electron chi connectivity index (χ3n) is 4.69. The van der Waals surface area contributed by atoms with Crippen molar-refractivity contribution in [3.05, 3.63) is 30.2 Å². The van der Waals surface area contributed by atoms with E-state index in [0.717, 1.165) is 37.0 Å². The Morgan fingerprint density at radius 3 is 2.70 bits per heavy atom. The molecule has 0 spiro atoms. The summed E-state index contributed by atoms with van der Waals surface area (Å²) in [4.78, 5) is 2.46. The summed E-state index contributed by atoms with van der Waals surface area (Å²) in [6.07, 6.45) is 6.97. The van der Waals surface area contributed by atoms with Crippen LogP contribution in [0.25, 0.3) is 11.5 Å². The van der Waals surface area contributed by atoms with Crippen LogP contribution < -0.4 is 5.32 Å². The molecule has 0 unspecified atom stereocenters. The van der Waals surface area contributed by atoms with Crippen molar-refractivity contribution in [1.29, 1.82) is 0 Å². The highest BCUT2D eigenvalue weighted by molar-refractivity contribution is 5.85. The van der Waals surface area contributed by atoms with Crippen molar-refractivity contribution in [2.24, 2.45) is 5.92 Å². The zero-order chi connectivity index (χ0) is 14.8. The molecule has 6 heteroatoms. The van der Waals surface area contributed by atoms with E-state index in [9.17, 15) is 0 Å². The van der Waals surface area contributed by atoms with Gasteiger partial charge in [0.05, 0.1) is 12.0 Å². The fraction of sp³-hybridized carbons (Fsp3) is 0.588. The second-order valence-corrected chi connectivity index (χ2v) is 6.56. The molecule has 23 heavy (non-hydrogen) atoms. The van der Waals surface area contributed by atoms with Crippen LogP contribution in [0.15, 0.2) is 33.4 Å². The van der Waals surface area contributed by atoms with Gasteiger partial charge in [-0.15, -0.1) is 12.4 Å². The molecule has 0 radical (unpaired) electrons. The summed E-state index contributed by atoms with van der Waals surface area (Å²) in [5.74, 6) is 2.41. The molecule has 5 nitrogen and oxygen atoms in total. The minimum Gasteiger partial charge on any atom is -0.461 e. The summed E-state index contributed by atoms with van der Waals surface area (Å²) in [6, 6.07) is 6.43. The molecule has 0 aromatic carbocycles. The number of aromatic nitrogens is 1. The van der Waals surface area contributed by atoms with E-state index in [1.807, 2.05) is 18.2 Å². The summed E-state index contributed by atoms with van der Waals surface area (Å²) in [5.41, 5.74) is 0.982. The first-order valence-electron chi connectivity index (χ1n) is 8.32. The van der Waals surface area contributed by atoms with Gasteiger partial charge < -0.3 is 14.3 Å². The number of nitrogens with one attached hydrogen (secondary N) is 1. The number of rotatable bonds is 6. The Bertz CT molecular complexity index is 587. The maximum absolute atomic E-state index is 5.36. The molecule has 1 N–H and O–H groups in total. The number of likely N-dealkylation sites (tertiary alicyclic amines) is 1. The lowest BCUT2D eigenvalue weighted by molar-refractivity contribution is 0.186. The molecule has 4 rings (SSSR count). The predicted molar refractivity (Wildman–Crippen MR) is 90.5 cm³/mol. The summed E-state index contributed by atoms with van der Waals surface area (Å²) in [6.45, 7) is 4.34. The van der Waals surface area contributed by atoms with Gasteiger partial charge in [-0.3, -0.25) is 4.90 Å². The Labute approximate surface area is 142 Å². The van der Waals surface area contributed by atoms with Crippen molar-refractivity contribution < 1.29 is 8.94 Å². The monoisotopic (exact) mass is 337 g/mol. The van der Waals surface area contributed by atoms with Gasteiger partial charge in [-0.1, -0.05) is 5.16 Å². The minimum absolute atomic E-state index is 0. The van der Waals surface area contributed by atoms with Crippen LogP contribution in [0.1, 0.15) is 31.4 Å². The Kier molecular flexibility index (Phi) is 5.41. The van der Waals surface area contributed by atoms with Crippen LogP contribution >= 0.6 is 12.4 Å². The van der Waals surface area contributed by atoms with Crippen molar-refractivity contribution in [1.82, 2.24) is 15.4 Å². The molecule has 1 saturated heterocycles. The van der Waals surface area contributed by atoms with Crippen LogP contribution in [0.3, 0.4) is 0 Å². The Morgan fingerprint density at radius 1 is 1.17 bits per heavy atom. The van der Waals surface area contributed by atoms with E-state index in [1.54, 1.807) is 6.26 Å². The Balaban J connectivity index is 0.00000156. The fourth-order valence-corrected chi connectivity index (χ4v) is 3.10. The number of piperidine rings is 1. The number of halogens is 1. The summed E-state index contributed by atoms with van der Waals surface area (Å²) in [5, 5.41) is 7.88. The molecule has 0 atom stereocenters. The first-order valence-corrected chi connectivity index (χ1v) is 8.32. The lowest BCUT2D eigenvalue weighted by Crippen LogP contribution is -2.42. The number of hydrogen-bond acceptors (Lipinski definition) is 5. The van der Waals surface area contributed by atoms with Crippen LogP contribution in [-0.4, -0.2) is 35.7 Å². The number of furan rings is 1. The van der Waals surface area contributed by atoms with Gasteiger partial charge in [-0.2, -0.15) is 0 Å². The standard InChI is InChI=1S/C17H23N3O2.ClH/c1-2-16(21-9-1)17-10-15(19-22-17)12-20-7-5-14(6-8-20)18-11-13-3-4-13;/h1-2,9-10,13-14,18H,3-8,11-12H2;1H. The SMILES string of the molecule is Cl.c1coc(-c2cc(CN3CCC(NCC4CC4)CC3)no2)c1. The molecule has 2 fully saturated rings. The summed E-state index contributed by atoms with van der Waals surface area (Å²) >= 11 is 0. The van der Waals surface area contributed by atoms with Crippen molar-refractivity contribution in [3.63, 3.8) is 0 Å². The average Bonchev–Trinajstić information content (AvgIpc) is 3.01. The first-order chi connectivity index (χ1) is 10.9. The quantitative estimate of drug-likeness (QED) is 0.876. The van der Waals surface area contributed by atoms with Crippen molar-refractivity contribution in [2.45, 2.75) is 38.3 Å². The molecule has 2 aliphatic rings. The van der Waals surface area contributed by atoms with Gasteiger partial charge in [0.2, 0.25) is 5.76 Å². The predicted octanol–water partition coefficient (Wildman–Crippen LogP) is 3.32. The summed E-state index contributed by atoms with van der Waals surface area (Å²) < 4.78 is 10.7. The third kappa shape index (κ3) is 4.37. The molecule has 0 amide bonds. The van der Waals surface area contributed by atoms with Crippen LogP contribution in [-0.2, 0) is 6.54 Å². The van der Waals surface area contributed by atoms with E-state index >= 15 is 0 Å². The second kappa shape index (κ2) is 7.51. The molecule has 1 aliphatic heterocycles. The zero-order valence-corrected chi connectivity index (χ0v) is 14.1. The largest absolute Gasteiger partial charge is 0.461 e. The molecular weight excluding hydrogens is 314 g/mol. The maximum Gasteiger partial charge on any atom is 0.202 e. The van der Waals surface area contributed by atoms with Gasteiger partial charge in [-0.05, 0) is 50.3 Å². The van der Waals surface area contributed by atoms with Gasteiger partial charge >= 0.3 is 0 Å². The van der Waals surface area contributed by atoms with Gasteiger partial charge in [-0.25, -0.2) is 0 Å². The normalized spacial score (nSPS) is 19.7. The Morgan fingerprint density at radius 2 is 2.00 bits per heavy atom. The maximum atomic E-state index is 5.36. The molecule has 1 aliphatic carbocycles. The minimum atomic E-state index is 0. The van der Waals surface area contributed by atoms with Gasteiger partial charge in [0.15, 0.2) is 5.76 Å². The van der Waals surface area contributed by atoms with Crippen LogP contribution in [0.4, 0.5) is 0 Å². The molecule has 3 heterocycles. The topological polar surface area (TPSA) is 54.4 Å². The lowest BCUT2D eigenvalue weighted by Gasteiger charge is -2.31. The van der Waals surface area contributed by atoms with Crippen LogP contribution in [0, 0.1) is 5.92 Å². The van der Waals surface area contributed by atoms with Gasteiger partial charge in [0.25, 0.3) is 0 Å².